The first-order chi connectivity index (χ1) is 8.55. The van der Waals surface area contributed by atoms with Crippen molar-refractivity contribution in [3.05, 3.63) is 27.7 Å². The van der Waals surface area contributed by atoms with Gasteiger partial charge in [0, 0.05) is 7.11 Å². The van der Waals surface area contributed by atoms with Gasteiger partial charge in [0.05, 0.1) is 23.6 Å². The fourth-order valence-electron chi connectivity index (χ4n) is 2.20. The monoisotopic (exact) mass is 314 g/mol. The van der Waals surface area contributed by atoms with E-state index in [4.69, 9.17) is 9.47 Å². The third-order valence-corrected chi connectivity index (χ3v) is 3.97. The molecule has 0 radical (unpaired) electrons. The molecule has 2 rings (SSSR count). The van der Waals surface area contributed by atoms with Gasteiger partial charge >= 0.3 is 5.97 Å². The molecular weight excluding hydrogens is 300 g/mol. The van der Waals surface area contributed by atoms with Crippen LogP contribution in [0.5, 0.6) is 5.75 Å². The highest BCUT2D eigenvalue weighted by atomic mass is 79.9. The minimum Gasteiger partial charge on any atom is -0.496 e. The first kappa shape index (κ1) is 13.4. The van der Waals surface area contributed by atoms with Crippen LogP contribution in [0.4, 0.5) is 0 Å². The maximum Gasteiger partial charge on any atom is 0.314 e. The molecule has 1 aliphatic carbocycles. The van der Waals surface area contributed by atoms with Crippen molar-refractivity contribution in [2.75, 3.05) is 14.2 Å². The number of hydrogen-bond acceptors (Lipinski definition) is 3. The lowest BCUT2D eigenvalue weighted by molar-refractivity contribution is -0.140. The Bertz CT molecular complexity index is 480. The van der Waals surface area contributed by atoms with E-state index >= 15 is 0 Å². The van der Waals surface area contributed by atoms with Crippen LogP contribution in [0.25, 0.3) is 0 Å². The molecule has 18 heavy (non-hydrogen) atoms. The van der Waals surface area contributed by atoms with E-state index in [0.29, 0.717) is 25.2 Å². The molecule has 0 unspecified atom stereocenters. The van der Waals surface area contributed by atoms with Crippen LogP contribution in [-0.2, 0) is 21.6 Å². The minimum atomic E-state index is -0.767. The van der Waals surface area contributed by atoms with E-state index in [1.54, 1.807) is 14.2 Å². The Morgan fingerprint density at radius 2 is 2.11 bits per heavy atom. The highest BCUT2D eigenvalue weighted by molar-refractivity contribution is 9.10. The van der Waals surface area contributed by atoms with Crippen molar-refractivity contribution >= 4 is 21.9 Å². The number of hydrogen-bond donors (Lipinski definition) is 1. The Morgan fingerprint density at radius 1 is 1.44 bits per heavy atom. The molecule has 0 amide bonds. The van der Waals surface area contributed by atoms with Crippen molar-refractivity contribution in [3.63, 3.8) is 0 Å². The van der Waals surface area contributed by atoms with Gasteiger partial charge in [-0.05, 0) is 52.0 Å². The van der Waals surface area contributed by atoms with Gasteiger partial charge in [-0.3, -0.25) is 4.79 Å². The lowest BCUT2D eigenvalue weighted by atomic mass is 9.91. The van der Waals surface area contributed by atoms with E-state index < -0.39 is 11.4 Å². The summed E-state index contributed by atoms with van der Waals surface area (Å²) < 4.78 is 11.1. The molecule has 0 heterocycles. The van der Waals surface area contributed by atoms with E-state index in [2.05, 4.69) is 15.9 Å². The van der Waals surface area contributed by atoms with Gasteiger partial charge in [-0.25, -0.2) is 0 Å². The fourth-order valence-corrected chi connectivity index (χ4v) is 2.70. The Morgan fingerprint density at radius 3 is 2.56 bits per heavy atom. The molecule has 0 spiro atoms. The van der Waals surface area contributed by atoms with E-state index in [-0.39, 0.29) is 0 Å². The zero-order valence-corrected chi connectivity index (χ0v) is 11.9. The van der Waals surface area contributed by atoms with Crippen molar-refractivity contribution < 1.29 is 19.4 Å². The van der Waals surface area contributed by atoms with Crippen LogP contribution in [0.3, 0.4) is 0 Å². The first-order valence-corrected chi connectivity index (χ1v) is 6.43. The summed E-state index contributed by atoms with van der Waals surface area (Å²) in [5.41, 5.74) is 0.963. The molecular formula is C13H15BrO4. The van der Waals surface area contributed by atoms with Crippen molar-refractivity contribution in [3.8, 4) is 5.75 Å². The van der Waals surface area contributed by atoms with E-state index in [9.17, 15) is 9.90 Å². The largest absolute Gasteiger partial charge is 0.496 e. The summed E-state index contributed by atoms with van der Waals surface area (Å²) in [6.45, 7) is 0.383. The normalized spacial score (nSPS) is 16.4. The predicted molar refractivity (Wildman–Crippen MR) is 70.0 cm³/mol. The summed E-state index contributed by atoms with van der Waals surface area (Å²) in [6, 6.07) is 3.68. The highest BCUT2D eigenvalue weighted by Gasteiger charge is 2.53. The van der Waals surface area contributed by atoms with Gasteiger partial charge in [-0.2, -0.15) is 0 Å². The standard InChI is InChI=1S/C13H15BrO4/c1-17-7-8-5-11(18-2)10(14)6-9(8)13(3-4-13)12(15)16/h5-6H,3-4,7H2,1-2H3,(H,15,16). The number of benzene rings is 1. The summed E-state index contributed by atoms with van der Waals surface area (Å²) in [7, 11) is 3.18. The van der Waals surface area contributed by atoms with Crippen LogP contribution >= 0.6 is 15.9 Å². The van der Waals surface area contributed by atoms with Gasteiger partial charge in [0.1, 0.15) is 5.75 Å². The number of carbonyl (C=O) groups is 1. The Balaban J connectivity index is 2.52. The second-order valence-electron chi connectivity index (χ2n) is 4.46. The number of methoxy groups -OCH3 is 2. The van der Waals surface area contributed by atoms with Crippen LogP contribution in [0.2, 0.25) is 0 Å². The molecule has 5 heteroatoms. The van der Waals surface area contributed by atoms with Crippen LogP contribution in [0.15, 0.2) is 16.6 Å². The lowest BCUT2D eigenvalue weighted by Gasteiger charge is -2.17. The van der Waals surface area contributed by atoms with Gasteiger partial charge in [0.2, 0.25) is 0 Å². The Kier molecular flexibility index (Phi) is 3.64. The smallest absolute Gasteiger partial charge is 0.314 e. The minimum absolute atomic E-state index is 0.383. The molecule has 98 valence electrons. The van der Waals surface area contributed by atoms with Crippen molar-refractivity contribution in [2.24, 2.45) is 0 Å². The summed E-state index contributed by atoms with van der Waals surface area (Å²) in [6.07, 6.45) is 1.36. The average Bonchev–Trinajstić information content (AvgIpc) is 3.12. The van der Waals surface area contributed by atoms with E-state index in [0.717, 1.165) is 15.6 Å². The molecule has 1 N–H and O–H groups in total. The molecule has 1 aromatic carbocycles. The lowest BCUT2D eigenvalue weighted by Crippen LogP contribution is -2.21. The third-order valence-electron chi connectivity index (χ3n) is 3.35. The predicted octanol–water partition coefficient (Wildman–Crippen LogP) is 2.72. The Hall–Kier alpha value is -1.07. The van der Waals surface area contributed by atoms with E-state index in [1.165, 1.54) is 0 Å². The van der Waals surface area contributed by atoms with Crippen LogP contribution < -0.4 is 4.74 Å². The Labute approximate surface area is 114 Å². The molecule has 1 fully saturated rings. The summed E-state index contributed by atoms with van der Waals surface area (Å²) in [5, 5.41) is 9.38. The van der Waals surface area contributed by atoms with Gasteiger partial charge in [-0.1, -0.05) is 0 Å². The summed E-state index contributed by atoms with van der Waals surface area (Å²) in [5.74, 6) is -0.0797. The molecule has 0 aromatic heterocycles. The molecule has 0 aliphatic heterocycles. The van der Waals surface area contributed by atoms with Crippen LogP contribution in [0.1, 0.15) is 24.0 Å². The maximum atomic E-state index is 11.4. The van der Waals surface area contributed by atoms with Gasteiger partial charge in [0.25, 0.3) is 0 Å². The molecule has 0 atom stereocenters. The highest BCUT2D eigenvalue weighted by Crippen LogP contribution is 2.51. The molecule has 1 aromatic rings. The second kappa shape index (κ2) is 4.90. The molecule has 4 nitrogen and oxygen atoms in total. The number of halogens is 1. The molecule has 1 saturated carbocycles. The number of rotatable bonds is 5. The number of aliphatic carboxylic acids is 1. The SMILES string of the molecule is COCc1cc(OC)c(Br)cc1C1(C(=O)O)CC1. The average molecular weight is 315 g/mol. The van der Waals surface area contributed by atoms with E-state index in [1.807, 2.05) is 12.1 Å². The summed E-state index contributed by atoms with van der Waals surface area (Å²) >= 11 is 3.40. The topological polar surface area (TPSA) is 55.8 Å². The molecule has 0 saturated heterocycles. The third kappa shape index (κ3) is 2.12. The zero-order valence-electron chi connectivity index (χ0n) is 10.3. The zero-order chi connectivity index (χ0) is 13.3. The molecule has 0 bridgehead atoms. The van der Waals surface area contributed by atoms with Crippen molar-refractivity contribution in [1.29, 1.82) is 0 Å². The van der Waals surface area contributed by atoms with Crippen molar-refractivity contribution in [1.82, 2.24) is 0 Å². The van der Waals surface area contributed by atoms with Crippen molar-refractivity contribution in [2.45, 2.75) is 24.9 Å². The maximum absolute atomic E-state index is 11.4. The quantitative estimate of drug-likeness (QED) is 0.908. The van der Waals surface area contributed by atoms with Gasteiger partial charge in [-0.15, -0.1) is 0 Å². The van der Waals surface area contributed by atoms with Gasteiger partial charge in [0.15, 0.2) is 0 Å². The van der Waals surface area contributed by atoms with Crippen LogP contribution in [-0.4, -0.2) is 25.3 Å². The second-order valence-corrected chi connectivity index (χ2v) is 5.32. The number of ether oxygens (including phenoxy) is 2. The number of carboxylic acid groups (broad SMARTS) is 1. The molecule has 1 aliphatic rings. The van der Waals surface area contributed by atoms with Gasteiger partial charge < -0.3 is 14.6 Å². The fraction of sp³-hybridized carbons (Fsp3) is 0.462. The first-order valence-electron chi connectivity index (χ1n) is 5.64. The van der Waals surface area contributed by atoms with Crippen LogP contribution in [0, 0.1) is 0 Å². The summed E-state index contributed by atoms with van der Waals surface area (Å²) in [4.78, 5) is 11.4. The number of carboxylic acids is 1.